The first-order chi connectivity index (χ1) is 16.3. The lowest BCUT2D eigenvalue weighted by Gasteiger charge is -2.37. The molecule has 0 saturated carbocycles. The maximum atomic E-state index is 13.5. The second-order valence-corrected chi connectivity index (χ2v) is 9.91. The molecule has 0 unspecified atom stereocenters. The summed E-state index contributed by atoms with van der Waals surface area (Å²) in [5.41, 5.74) is 2.80. The quantitative estimate of drug-likeness (QED) is 0.585. The van der Waals surface area contributed by atoms with Crippen molar-refractivity contribution in [2.24, 2.45) is 5.92 Å². The van der Waals surface area contributed by atoms with Crippen LogP contribution in [0.15, 0.2) is 42.5 Å². The van der Waals surface area contributed by atoms with Crippen LogP contribution >= 0.6 is 11.6 Å². The normalized spacial score (nSPS) is 20.8. The topological polar surface area (TPSA) is 90.5 Å². The van der Waals surface area contributed by atoms with Crippen molar-refractivity contribution >= 4 is 35.0 Å². The van der Waals surface area contributed by atoms with Gasteiger partial charge in [-0.05, 0) is 67.6 Å². The molecule has 8 heteroatoms. The van der Waals surface area contributed by atoms with E-state index in [1.165, 1.54) is 0 Å². The van der Waals surface area contributed by atoms with Gasteiger partial charge in [0.05, 0.1) is 17.3 Å². The van der Waals surface area contributed by atoms with Crippen molar-refractivity contribution in [2.45, 2.75) is 51.2 Å². The number of fused-ring (bicyclic) bond motifs is 2. The number of benzene rings is 2. The molecular weight excluding hydrogens is 452 g/mol. The molecule has 2 heterocycles. The Labute approximate surface area is 205 Å². The summed E-state index contributed by atoms with van der Waals surface area (Å²) in [4.78, 5) is 40.9. The van der Waals surface area contributed by atoms with Gasteiger partial charge in [0.25, 0.3) is 5.91 Å². The van der Waals surface area contributed by atoms with Crippen LogP contribution in [-0.2, 0) is 9.59 Å². The van der Waals surface area contributed by atoms with E-state index in [4.69, 9.17) is 11.6 Å². The van der Waals surface area contributed by atoms with Crippen molar-refractivity contribution in [1.29, 1.82) is 0 Å². The van der Waals surface area contributed by atoms with Crippen molar-refractivity contribution in [3.63, 3.8) is 0 Å². The molecule has 2 aromatic rings. The fourth-order valence-electron chi connectivity index (χ4n) is 4.74. The molecule has 2 aliphatic heterocycles. The average Bonchev–Trinajstić information content (AvgIpc) is 2.92. The number of hydrogen-bond acceptors (Lipinski definition) is 4. The van der Waals surface area contributed by atoms with Crippen molar-refractivity contribution in [1.82, 2.24) is 15.5 Å². The number of likely N-dealkylation sites (N-methyl/N-ethyl adjacent to an activating group) is 1. The molecule has 1 saturated heterocycles. The van der Waals surface area contributed by atoms with Crippen molar-refractivity contribution in [3.05, 3.63) is 53.1 Å². The average molecular weight is 483 g/mol. The van der Waals surface area contributed by atoms with Gasteiger partial charge in [-0.15, -0.1) is 0 Å². The van der Waals surface area contributed by atoms with Crippen LogP contribution in [0.2, 0.25) is 5.02 Å². The van der Waals surface area contributed by atoms with E-state index in [0.29, 0.717) is 41.6 Å². The number of piperidine rings is 1. The highest BCUT2D eigenvalue weighted by molar-refractivity contribution is 6.30. The number of amides is 3. The Morgan fingerprint density at radius 1 is 1.15 bits per heavy atom. The third-order valence-electron chi connectivity index (χ3n) is 6.57. The lowest BCUT2D eigenvalue weighted by atomic mass is 9.95. The van der Waals surface area contributed by atoms with Crippen molar-refractivity contribution < 1.29 is 14.4 Å². The Bertz CT molecular complexity index is 1090. The highest BCUT2D eigenvalue weighted by Gasteiger charge is 2.40. The first-order valence-corrected chi connectivity index (χ1v) is 12.1. The van der Waals surface area contributed by atoms with E-state index in [1.54, 1.807) is 30.1 Å². The van der Waals surface area contributed by atoms with Gasteiger partial charge in [0.15, 0.2) is 0 Å². The first kappa shape index (κ1) is 24.2. The molecule has 4 rings (SSSR count). The number of rotatable bonds is 6. The van der Waals surface area contributed by atoms with Gasteiger partial charge in [-0.25, -0.2) is 0 Å². The van der Waals surface area contributed by atoms with Crippen LogP contribution in [0.5, 0.6) is 0 Å². The Balaban J connectivity index is 1.52. The van der Waals surface area contributed by atoms with Gasteiger partial charge in [0, 0.05) is 17.6 Å². The molecule has 180 valence electrons. The molecule has 0 bridgehead atoms. The van der Waals surface area contributed by atoms with Gasteiger partial charge < -0.3 is 20.9 Å². The summed E-state index contributed by atoms with van der Waals surface area (Å²) in [5, 5.41) is 9.74. The zero-order valence-corrected chi connectivity index (χ0v) is 20.5. The summed E-state index contributed by atoms with van der Waals surface area (Å²) in [6, 6.07) is 11.8. The van der Waals surface area contributed by atoms with Crippen molar-refractivity contribution in [3.8, 4) is 11.1 Å². The third kappa shape index (κ3) is 5.10. The Hall–Kier alpha value is -2.90. The Morgan fingerprint density at radius 3 is 2.53 bits per heavy atom. The molecular formula is C26H31ClN4O3. The molecule has 0 aliphatic carbocycles. The second kappa shape index (κ2) is 10.2. The number of carbonyl (C=O) groups is 3. The minimum atomic E-state index is -0.629. The highest BCUT2D eigenvalue weighted by atomic mass is 35.5. The number of nitrogens with one attached hydrogen (secondary N) is 3. The zero-order valence-electron chi connectivity index (χ0n) is 19.7. The molecule has 3 atom stereocenters. The van der Waals surface area contributed by atoms with Crippen LogP contribution in [0.1, 0.15) is 43.5 Å². The molecule has 3 amide bonds. The van der Waals surface area contributed by atoms with Crippen LogP contribution in [-0.4, -0.2) is 54.3 Å². The van der Waals surface area contributed by atoms with Crippen LogP contribution < -0.4 is 16.0 Å². The lowest BCUT2D eigenvalue weighted by molar-refractivity contribution is -0.126. The third-order valence-corrected chi connectivity index (χ3v) is 6.82. The molecule has 7 nitrogen and oxygen atoms in total. The minimum Gasteiger partial charge on any atom is -0.352 e. The molecule has 0 radical (unpaired) electrons. The zero-order chi connectivity index (χ0) is 24.4. The summed E-state index contributed by atoms with van der Waals surface area (Å²) < 4.78 is 0. The van der Waals surface area contributed by atoms with E-state index < -0.39 is 6.04 Å². The van der Waals surface area contributed by atoms with E-state index in [2.05, 4.69) is 29.8 Å². The number of hydrogen-bond donors (Lipinski definition) is 3. The second-order valence-electron chi connectivity index (χ2n) is 9.47. The molecule has 0 aromatic heterocycles. The minimum absolute atomic E-state index is 0.0640. The smallest absolute Gasteiger partial charge is 0.256 e. The molecule has 34 heavy (non-hydrogen) atoms. The maximum Gasteiger partial charge on any atom is 0.256 e. The maximum absolute atomic E-state index is 13.5. The summed E-state index contributed by atoms with van der Waals surface area (Å²) in [6.07, 6.45) is 1.72. The lowest BCUT2D eigenvalue weighted by Crippen LogP contribution is -2.56. The van der Waals surface area contributed by atoms with E-state index in [-0.39, 0.29) is 29.8 Å². The number of halogens is 1. The summed E-state index contributed by atoms with van der Waals surface area (Å²) >= 11 is 6.00. The molecule has 2 aromatic carbocycles. The summed E-state index contributed by atoms with van der Waals surface area (Å²) in [7, 11) is 1.78. The van der Waals surface area contributed by atoms with Gasteiger partial charge in [-0.1, -0.05) is 43.6 Å². The number of anilines is 1. The summed E-state index contributed by atoms with van der Waals surface area (Å²) in [6.45, 7) is 4.56. The van der Waals surface area contributed by atoms with Gasteiger partial charge in [-0.2, -0.15) is 0 Å². The first-order valence-electron chi connectivity index (χ1n) is 11.8. The van der Waals surface area contributed by atoms with Crippen LogP contribution in [0.25, 0.3) is 11.1 Å². The van der Waals surface area contributed by atoms with E-state index >= 15 is 0 Å². The van der Waals surface area contributed by atoms with Gasteiger partial charge in [-0.3, -0.25) is 14.4 Å². The summed E-state index contributed by atoms with van der Waals surface area (Å²) in [5.74, 6) is -0.0815. The number of carbonyl (C=O) groups excluding carboxylic acids is 3. The predicted molar refractivity (Wildman–Crippen MR) is 134 cm³/mol. The molecule has 1 fully saturated rings. The van der Waals surface area contributed by atoms with Crippen LogP contribution in [0, 0.1) is 5.92 Å². The fourth-order valence-corrected chi connectivity index (χ4v) is 4.87. The van der Waals surface area contributed by atoms with Crippen LogP contribution in [0.4, 0.5) is 5.69 Å². The Morgan fingerprint density at radius 2 is 1.85 bits per heavy atom. The van der Waals surface area contributed by atoms with E-state index in [9.17, 15) is 14.4 Å². The van der Waals surface area contributed by atoms with Crippen molar-refractivity contribution in [2.75, 3.05) is 18.9 Å². The highest BCUT2D eigenvalue weighted by Crippen LogP contribution is 2.32. The predicted octanol–water partition coefficient (Wildman–Crippen LogP) is 3.68. The fraction of sp³-hybridized carbons (Fsp3) is 0.423. The Kier molecular flexibility index (Phi) is 7.24. The van der Waals surface area contributed by atoms with Gasteiger partial charge >= 0.3 is 0 Å². The standard InChI is InChI=1S/C26H31ClN4O3/c1-15(2)12-22(28-3)24(32)29-19-10-11-31-23(14-19)25(33)30-21-9-6-17(13-20(21)26(31)34)16-4-7-18(27)8-5-16/h4-9,13,15,19,22-23,28H,10-12,14H2,1-3H3,(H,29,32)(H,30,33)/t19-,22+,23+/m1/s1. The molecule has 0 spiro atoms. The largest absolute Gasteiger partial charge is 0.352 e. The van der Waals surface area contributed by atoms with E-state index in [0.717, 1.165) is 17.5 Å². The monoisotopic (exact) mass is 482 g/mol. The van der Waals surface area contributed by atoms with E-state index in [1.807, 2.05) is 24.3 Å². The SMILES string of the molecule is CN[C@@H](CC(C)C)C(=O)N[C@@H]1CCN2C(=O)c3cc(-c4ccc(Cl)cc4)ccc3NC(=O)[C@@H]2C1. The van der Waals surface area contributed by atoms with Gasteiger partial charge in [0.1, 0.15) is 6.04 Å². The number of nitrogens with zero attached hydrogens (tertiary/aromatic N) is 1. The van der Waals surface area contributed by atoms with Crippen LogP contribution in [0.3, 0.4) is 0 Å². The van der Waals surface area contributed by atoms with Gasteiger partial charge in [0.2, 0.25) is 11.8 Å². The molecule has 2 aliphatic rings. The molecule has 3 N–H and O–H groups in total.